The Bertz CT molecular complexity index is 493. The van der Waals surface area contributed by atoms with Gasteiger partial charge in [-0.1, -0.05) is 6.42 Å². The molecule has 1 spiro atoms. The van der Waals surface area contributed by atoms with Crippen LogP contribution in [0.25, 0.3) is 0 Å². The van der Waals surface area contributed by atoms with Gasteiger partial charge in [0.05, 0.1) is 12.3 Å². The fraction of sp³-hybridized carbons (Fsp3) is 0.812. The van der Waals surface area contributed by atoms with Crippen molar-refractivity contribution in [3.8, 4) is 0 Å². The van der Waals surface area contributed by atoms with Crippen molar-refractivity contribution in [2.45, 2.75) is 57.3 Å². The van der Waals surface area contributed by atoms with Gasteiger partial charge in [0, 0.05) is 43.4 Å². The molecular formula is C16H27N3O2. The van der Waals surface area contributed by atoms with Crippen molar-refractivity contribution in [2.24, 2.45) is 12.5 Å². The molecule has 0 aromatic carbocycles. The van der Waals surface area contributed by atoms with Crippen LogP contribution >= 0.6 is 0 Å². The summed E-state index contributed by atoms with van der Waals surface area (Å²) in [4.78, 5) is 0. The van der Waals surface area contributed by atoms with Crippen LogP contribution < -0.4 is 5.32 Å². The maximum absolute atomic E-state index is 10.7. The predicted octanol–water partition coefficient (Wildman–Crippen LogP) is 1.56. The van der Waals surface area contributed by atoms with Gasteiger partial charge in [-0.3, -0.25) is 4.68 Å². The highest BCUT2D eigenvalue weighted by Gasteiger charge is 2.58. The first-order valence-electron chi connectivity index (χ1n) is 8.04. The molecule has 1 aromatic rings. The highest BCUT2D eigenvalue weighted by molar-refractivity contribution is 5.16. The van der Waals surface area contributed by atoms with Crippen molar-refractivity contribution in [1.82, 2.24) is 15.1 Å². The van der Waals surface area contributed by atoms with Gasteiger partial charge in [0.15, 0.2) is 0 Å². The molecule has 0 unspecified atom stereocenters. The number of aliphatic hydroxyl groups is 1. The first-order chi connectivity index (χ1) is 9.98. The first-order valence-corrected chi connectivity index (χ1v) is 8.04. The van der Waals surface area contributed by atoms with Crippen LogP contribution in [0.5, 0.6) is 0 Å². The van der Waals surface area contributed by atoms with Gasteiger partial charge in [0.1, 0.15) is 5.60 Å². The highest BCUT2D eigenvalue weighted by Crippen LogP contribution is 2.57. The fourth-order valence-electron chi connectivity index (χ4n) is 3.85. The molecule has 118 valence electrons. The lowest BCUT2D eigenvalue weighted by Crippen LogP contribution is -2.67. The number of hydrogen-bond donors (Lipinski definition) is 2. The molecule has 1 heterocycles. The summed E-state index contributed by atoms with van der Waals surface area (Å²) in [6.45, 7) is 5.28. The molecule has 2 N–H and O–H groups in total. The number of rotatable bonds is 6. The lowest BCUT2D eigenvalue weighted by molar-refractivity contribution is -0.175. The average Bonchev–Trinajstić information content (AvgIpc) is 2.78. The quantitative estimate of drug-likeness (QED) is 0.836. The molecule has 0 aliphatic heterocycles. The summed E-state index contributed by atoms with van der Waals surface area (Å²) in [6, 6.07) is 0.478. The van der Waals surface area contributed by atoms with Crippen LogP contribution in [0, 0.1) is 5.41 Å². The molecule has 5 heteroatoms. The normalized spacial score (nSPS) is 29.7. The number of aryl methyl sites for hydroxylation is 1. The minimum absolute atomic E-state index is 0.334. The Labute approximate surface area is 126 Å². The maximum Gasteiger partial charge on any atom is 0.102 e. The molecule has 3 atom stereocenters. The number of nitrogens with zero attached hydrogens (tertiary/aromatic N) is 2. The zero-order valence-corrected chi connectivity index (χ0v) is 13.3. The number of hydrogen-bond acceptors (Lipinski definition) is 4. The van der Waals surface area contributed by atoms with Gasteiger partial charge in [-0.05, 0) is 33.1 Å². The zero-order chi connectivity index (χ0) is 15.1. The minimum atomic E-state index is -0.879. The van der Waals surface area contributed by atoms with Crippen LogP contribution in [0.3, 0.4) is 0 Å². The van der Waals surface area contributed by atoms with E-state index in [4.69, 9.17) is 4.74 Å². The second-order valence-electron chi connectivity index (χ2n) is 6.88. The van der Waals surface area contributed by atoms with E-state index < -0.39 is 5.60 Å². The molecule has 2 aliphatic rings. The predicted molar refractivity (Wildman–Crippen MR) is 80.9 cm³/mol. The Balaban J connectivity index is 1.58. The Morgan fingerprint density at radius 2 is 2.33 bits per heavy atom. The Morgan fingerprint density at radius 3 is 2.86 bits per heavy atom. The molecule has 3 rings (SSSR count). The molecule has 2 saturated carbocycles. The molecule has 0 saturated heterocycles. The van der Waals surface area contributed by atoms with Crippen molar-refractivity contribution in [1.29, 1.82) is 0 Å². The number of aromatic nitrogens is 2. The molecular weight excluding hydrogens is 266 g/mol. The number of ether oxygens (including phenoxy) is 1. The maximum atomic E-state index is 10.7. The third kappa shape index (κ3) is 2.51. The van der Waals surface area contributed by atoms with Crippen LogP contribution in [-0.4, -0.2) is 40.2 Å². The lowest BCUT2D eigenvalue weighted by Gasteiger charge is -2.61. The summed E-state index contributed by atoms with van der Waals surface area (Å²) in [5.41, 5.74) is 0.317. The van der Waals surface area contributed by atoms with Gasteiger partial charge in [0.25, 0.3) is 0 Å². The van der Waals surface area contributed by atoms with Gasteiger partial charge < -0.3 is 15.2 Å². The van der Waals surface area contributed by atoms with E-state index in [9.17, 15) is 5.11 Å². The summed E-state index contributed by atoms with van der Waals surface area (Å²) in [5, 5.41) is 18.4. The summed E-state index contributed by atoms with van der Waals surface area (Å²) in [6.07, 6.45) is 8.92. The summed E-state index contributed by atoms with van der Waals surface area (Å²) in [7, 11) is 1.87. The van der Waals surface area contributed by atoms with Crippen LogP contribution in [0.1, 0.15) is 45.1 Å². The van der Waals surface area contributed by atoms with E-state index in [1.54, 1.807) is 10.9 Å². The standard InChI is InChI=1S/C16H27N3O2/c1-4-21-14-8-13(16(14)6-5-7-16)17-11-15(2,20)12-9-18-19(3)10-12/h9-10,13-14,17,20H,4-8,11H2,1-3H3/t13-,14+,15+/m0/s1. The van der Waals surface area contributed by atoms with E-state index in [0.717, 1.165) is 18.6 Å². The van der Waals surface area contributed by atoms with E-state index in [2.05, 4.69) is 17.3 Å². The van der Waals surface area contributed by atoms with E-state index in [1.807, 2.05) is 20.2 Å². The molecule has 1 aromatic heterocycles. The van der Waals surface area contributed by atoms with Crippen molar-refractivity contribution >= 4 is 0 Å². The van der Waals surface area contributed by atoms with Crippen molar-refractivity contribution in [3.05, 3.63) is 18.0 Å². The van der Waals surface area contributed by atoms with Gasteiger partial charge >= 0.3 is 0 Å². The third-order valence-electron chi connectivity index (χ3n) is 5.46. The Kier molecular flexibility index (Phi) is 3.84. The van der Waals surface area contributed by atoms with Crippen LogP contribution in [0.15, 0.2) is 12.4 Å². The van der Waals surface area contributed by atoms with Crippen molar-refractivity contribution in [3.63, 3.8) is 0 Å². The molecule has 0 bridgehead atoms. The van der Waals surface area contributed by atoms with Crippen molar-refractivity contribution in [2.75, 3.05) is 13.2 Å². The summed E-state index contributed by atoms with van der Waals surface area (Å²) in [5.74, 6) is 0. The Hall–Kier alpha value is -0.910. The molecule has 0 amide bonds. The Morgan fingerprint density at radius 1 is 1.57 bits per heavy atom. The van der Waals surface area contributed by atoms with Crippen LogP contribution in [-0.2, 0) is 17.4 Å². The molecule has 5 nitrogen and oxygen atoms in total. The second kappa shape index (κ2) is 5.38. The SMILES string of the molecule is CCO[C@@H]1C[C@H](NC[C@@](C)(O)c2cnn(C)c2)C12CCC2. The largest absolute Gasteiger partial charge is 0.384 e. The topological polar surface area (TPSA) is 59.3 Å². The molecule has 0 radical (unpaired) electrons. The minimum Gasteiger partial charge on any atom is -0.384 e. The number of nitrogens with one attached hydrogen (secondary N) is 1. The molecule has 2 fully saturated rings. The lowest BCUT2D eigenvalue weighted by atomic mass is 9.51. The van der Waals surface area contributed by atoms with Gasteiger partial charge in [-0.15, -0.1) is 0 Å². The monoisotopic (exact) mass is 293 g/mol. The first kappa shape index (κ1) is 15.0. The molecule has 2 aliphatic carbocycles. The van der Waals surface area contributed by atoms with Gasteiger partial charge in [-0.2, -0.15) is 5.10 Å². The van der Waals surface area contributed by atoms with E-state index >= 15 is 0 Å². The summed E-state index contributed by atoms with van der Waals surface area (Å²) >= 11 is 0. The van der Waals surface area contributed by atoms with Gasteiger partial charge in [-0.25, -0.2) is 0 Å². The van der Waals surface area contributed by atoms with Crippen molar-refractivity contribution < 1.29 is 9.84 Å². The van der Waals surface area contributed by atoms with E-state index in [0.29, 0.717) is 24.1 Å². The fourth-order valence-corrected chi connectivity index (χ4v) is 3.85. The van der Waals surface area contributed by atoms with E-state index in [1.165, 1.54) is 19.3 Å². The highest BCUT2D eigenvalue weighted by atomic mass is 16.5. The van der Waals surface area contributed by atoms with Gasteiger partial charge in [0.2, 0.25) is 0 Å². The third-order valence-corrected chi connectivity index (χ3v) is 5.46. The summed E-state index contributed by atoms with van der Waals surface area (Å²) < 4.78 is 7.60. The van der Waals surface area contributed by atoms with E-state index in [-0.39, 0.29) is 0 Å². The molecule has 21 heavy (non-hydrogen) atoms. The smallest absolute Gasteiger partial charge is 0.102 e. The van der Waals surface area contributed by atoms with Crippen LogP contribution in [0.2, 0.25) is 0 Å². The van der Waals surface area contributed by atoms with Crippen LogP contribution in [0.4, 0.5) is 0 Å². The average molecular weight is 293 g/mol. The second-order valence-corrected chi connectivity index (χ2v) is 6.88. The zero-order valence-electron chi connectivity index (χ0n) is 13.3.